The van der Waals surface area contributed by atoms with Crippen LogP contribution in [0.3, 0.4) is 0 Å². The maximum Gasteiger partial charge on any atom is 0.253 e. The van der Waals surface area contributed by atoms with Crippen molar-refractivity contribution in [1.82, 2.24) is 30.1 Å². The number of tetrazole rings is 1. The molecule has 1 N–H and O–H groups in total. The molecule has 0 spiro atoms. The minimum Gasteiger partial charge on any atom is -0.495 e. The summed E-state index contributed by atoms with van der Waals surface area (Å²) in [4.78, 5) is 21.3. The van der Waals surface area contributed by atoms with E-state index in [0.717, 1.165) is 60.5 Å². The smallest absolute Gasteiger partial charge is 0.253 e. The molecule has 194 valence electrons. The Balaban J connectivity index is 1.57. The zero-order valence-electron chi connectivity index (χ0n) is 22.2. The van der Waals surface area contributed by atoms with Gasteiger partial charge in [-0.2, -0.15) is 0 Å². The van der Waals surface area contributed by atoms with E-state index in [4.69, 9.17) is 4.74 Å². The average molecular weight is 502 g/mol. The van der Waals surface area contributed by atoms with Gasteiger partial charge in [0, 0.05) is 37.3 Å². The van der Waals surface area contributed by atoms with Crippen LogP contribution in [0.2, 0.25) is 0 Å². The number of H-pyrrole nitrogens is 1. The third kappa shape index (κ3) is 4.71. The van der Waals surface area contributed by atoms with Crippen molar-refractivity contribution in [2.45, 2.75) is 45.7 Å². The van der Waals surface area contributed by atoms with Crippen LogP contribution < -0.4 is 15.2 Å². The van der Waals surface area contributed by atoms with Gasteiger partial charge in [-0.15, -0.1) is 5.10 Å². The molecule has 0 amide bonds. The molecule has 0 unspecified atom stereocenters. The van der Waals surface area contributed by atoms with E-state index in [2.05, 4.69) is 70.1 Å². The number of rotatable bonds is 7. The molecule has 4 aromatic rings. The summed E-state index contributed by atoms with van der Waals surface area (Å²) in [6.07, 6.45) is 0.854. The first-order valence-corrected chi connectivity index (χ1v) is 12.9. The SMILES string of the molecule is CCC(C)(C)n1nnnc1[C@@H](c1cc2cc(C)ccc2[nH]c1=O)N1CCN(c2ccccc2OC)CC1. The number of aromatic nitrogens is 5. The second-order valence-corrected chi connectivity index (χ2v) is 10.4. The highest BCUT2D eigenvalue weighted by Crippen LogP contribution is 2.33. The number of ether oxygens (including phenoxy) is 1. The summed E-state index contributed by atoms with van der Waals surface area (Å²) >= 11 is 0. The number of methoxy groups -OCH3 is 1. The molecular formula is C28H35N7O2. The minimum atomic E-state index is -0.380. The molecule has 1 atom stereocenters. The molecular weight excluding hydrogens is 466 g/mol. The van der Waals surface area contributed by atoms with Crippen molar-refractivity contribution in [3.05, 3.63) is 75.8 Å². The van der Waals surface area contributed by atoms with Gasteiger partial charge in [-0.1, -0.05) is 30.7 Å². The molecule has 0 radical (unpaired) electrons. The summed E-state index contributed by atoms with van der Waals surface area (Å²) in [5, 5.41) is 13.9. The van der Waals surface area contributed by atoms with Crippen molar-refractivity contribution >= 4 is 16.6 Å². The fourth-order valence-electron chi connectivity index (χ4n) is 5.10. The molecule has 2 aromatic heterocycles. The standard InChI is InChI=1S/C28H35N7O2/c1-6-28(3,4)35-26(30-31-32-35)25(21-18-20-17-19(2)11-12-22(20)29-27(21)36)34-15-13-33(14-16-34)23-9-7-8-10-24(23)37-5/h7-12,17-18,25H,6,13-16H2,1-5H3,(H,29,36)/t25-/m1/s1. The molecule has 1 saturated heterocycles. The zero-order chi connectivity index (χ0) is 26.2. The fourth-order valence-corrected chi connectivity index (χ4v) is 5.10. The number of piperazine rings is 1. The van der Waals surface area contributed by atoms with E-state index in [0.29, 0.717) is 11.4 Å². The number of benzene rings is 2. The number of pyridine rings is 1. The molecule has 9 heteroatoms. The Morgan fingerprint density at radius 3 is 2.57 bits per heavy atom. The Kier molecular flexibility index (Phi) is 6.72. The first-order valence-electron chi connectivity index (χ1n) is 12.9. The van der Waals surface area contributed by atoms with E-state index in [1.807, 2.05) is 41.1 Å². The van der Waals surface area contributed by atoms with Gasteiger partial charge in [0.15, 0.2) is 5.82 Å². The minimum absolute atomic E-state index is 0.114. The van der Waals surface area contributed by atoms with E-state index in [1.165, 1.54) is 0 Å². The predicted octanol–water partition coefficient (Wildman–Crippen LogP) is 3.89. The number of nitrogens with one attached hydrogen (secondary N) is 1. The van der Waals surface area contributed by atoms with Crippen LogP contribution in [0.25, 0.3) is 10.9 Å². The number of aromatic amines is 1. The maximum atomic E-state index is 13.5. The zero-order valence-corrected chi connectivity index (χ0v) is 22.2. The second kappa shape index (κ2) is 9.97. The Morgan fingerprint density at radius 2 is 1.84 bits per heavy atom. The van der Waals surface area contributed by atoms with Gasteiger partial charge < -0.3 is 14.6 Å². The third-order valence-corrected chi connectivity index (χ3v) is 7.61. The van der Waals surface area contributed by atoms with Crippen LogP contribution in [0.5, 0.6) is 5.75 Å². The highest BCUT2D eigenvalue weighted by molar-refractivity contribution is 5.79. The van der Waals surface area contributed by atoms with Gasteiger partial charge in [0.25, 0.3) is 5.56 Å². The summed E-state index contributed by atoms with van der Waals surface area (Å²) in [7, 11) is 1.70. The number of fused-ring (bicyclic) bond motifs is 1. The monoisotopic (exact) mass is 501 g/mol. The lowest BCUT2D eigenvalue weighted by Crippen LogP contribution is -2.49. The molecule has 0 saturated carbocycles. The number of nitrogens with zero attached hydrogens (tertiary/aromatic N) is 6. The van der Waals surface area contributed by atoms with Gasteiger partial charge in [-0.05, 0) is 73.3 Å². The van der Waals surface area contributed by atoms with Crippen molar-refractivity contribution in [3.63, 3.8) is 0 Å². The van der Waals surface area contributed by atoms with Crippen LogP contribution in [0.4, 0.5) is 5.69 Å². The van der Waals surface area contributed by atoms with Crippen LogP contribution >= 0.6 is 0 Å². The van der Waals surface area contributed by atoms with E-state index < -0.39 is 0 Å². The largest absolute Gasteiger partial charge is 0.495 e. The first kappa shape index (κ1) is 25.0. The normalized spacial score (nSPS) is 15.8. The molecule has 0 aliphatic carbocycles. The lowest BCUT2D eigenvalue weighted by Gasteiger charge is -2.40. The van der Waals surface area contributed by atoms with Gasteiger partial charge in [0.05, 0.1) is 18.3 Å². The Morgan fingerprint density at radius 1 is 1.08 bits per heavy atom. The van der Waals surface area contributed by atoms with Gasteiger partial charge in [0.2, 0.25) is 0 Å². The number of para-hydroxylation sites is 2. The van der Waals surface area contributed by atoms with E-state index in [1.54, 1.807) is 7.11 Å². The van der Waals surface area contributed by atoms with Gasteiger partial charge in [0.1, 0.15) is 11.8 Å². The van der Waals surface area contributed by atoms with Crippen molar-refractivity contribution in [2.75, 3.05) is 38.2 Å². The summed E-state index contributed by atoms with van der Waals surface area (Å²) in [5.74, 6) is 1.55. The molecule has 1 aliphatic rings. The molecule has 2 aromatic carbocycles. The summed E-state index contributed by atoms with van der Waals surface area (Å²) in [6, 6.07) is 15.8. The molecule has 5 rings (SSSR count). The summed E-state index contributed by atoms with van der Waals surface area (Å²) in [5.41, 5.74) is 3.30. The molecule has 1 fully saturated rings. The Labute approximate surface area is 217 Å². The fraction of sp³-hybridized carbons (Fsp3) is 0.429. The summed E-state index contributed by atoms with van der Waals surface area (Å²) < 4.78 is 7.50. The predicted molar refractivity (Wildman–Crippen MR) is 145 cm³/mol. The number of hydrogen-bond acceptors (Lipinski definition) is 7. The van der Waals surface area contributed by atoms with E-state index in [-0.39, 0.29) is 17.1 Å². The highest BCUT2D eigenvalue weighted by atomic mass is 16.5. The van der Waals surface area contributed by atoms with Crippen LogP contribution in [0.15, 0.2) is 53.3 Å². The Bertz CT molecular complexity index is 1450. The van der Waals surface area contributed by atoms with Crippen LogP contribution in [-0.2, 0) is 5.54 Å². The van der Waals surface area contributed by atoms with Crippen LogP contribution in [0, 0.1) is 6.92 Å². The van der Waals surface area contributed by atoms with Crippen LogP contribution in [0.1, 0.15) is 50.2 Å². The quantitative estimate of drug-likeness (QED) is 0.411. The first-order chi connectivity index (χ1) is 17.8. The Hall–Kier alpha value is -3.72. The lowest BCUT2D eigenvalue weighted by atomic mass is 9.98. The molecule has 3 heterocycles. The number of anilines is 1. The third-order valence-electron chi connectivity index (χ3n) is 7.61. The second-order valence-electron chi connectivity index (χ2n) is 10.4. The van der Waals surface area contributed by atoms with Crippen molar-refractivity contribution < 1.29 is 4.74 Å². The van der Waals surface area contributed by atoms with Crippen molar-refractivity contribution in [3.8, 4) is 5.75 Å². The molecule has 0 bridgehead atoms. The molecule has 9 nitrogen and oxygen atoms in total. The highest BCUT2D eigenvalue weighted by Gasteiger charge is 2.36. The lowest BCUT2D eigenvalue weighted by molar-refractivity contribution is 0.186. The molecule has 37 heavy (non-hydrogen) atoms. The topological polar surface area (TPSA) is 92.2 Å². The van der Waals surface area contributed by atoms with E-state index in [9.17, 15) is 4.79 Å². The van der Waals surface area contributed by atoms with Gasteiger partial charge >= 0.3 is 0 Å². The average Bonchev–Trinajstić information content (AvgIpc) is 3.40. The van der Waals surface area contributed by atoms with Gasteiger partial charge in [-0.3, -0.25) is 9.69 Å². The number of hydrogen-bond donors (Lipinski definition) is 1. The number of aryl methyl sites for hydroxylation is 1. The van der Waals surface area contributed by atoms with Crippen molar-refractivity contribution in [2.24, 2.45) is 0 Å². The molecule has 1 aliphatic heterocycles. The maximum absolute atomic E-state index is 13.5. The van der Waals surface area contributed by atoms with Crippen molar-refractivity contribution in [1.29, 1.82) is 0 Å². The van der Waals surface area contributed by atoms with Gasteiger partial charge in [-0.25, -0.2) is 4.68 Å². The summed E-state index contributed by atoms with van der Waals surface area (Å²) in [6.45, 7) is 11.5. The van der Waals surface area contributed by atoms with Crippen LogP contribution in [-0.4, -0.2) is 63.4 Å². The van der Waals surface area contributed by atoms with E-state index >= 15 is 0 Å².